The Hall–Kier alpha value is -1.35. The number of aryl methyl sites for hydroxylation is 1. The molecule has 0 spiro atoms. The molecule has 2 heterocycles. The first-order chi connectivity index (χ1) is 12.6. The van der Waals surface area contributed by atoms with Gasteiger partial charge in [-0.1, -0.05) is 63.1 Å². The summed E-state index contributed by atoms with van der Waals surface area (Å²) in [4.78, 5) is 17.7. The number of nitrogens with zero attached hydrogens (tertiary/aromatic N) is 2. The smallest absolute Gasteiger partial charge is 0.227 e. The lowest BCUT2D eigenvalue weighted by molar-refractivity contribution is -0.119. The first-order valence-corrected chi connectivity index (χ1v) is 10.7. The van der Waals surface area contributed by atoms with Crippen molar-refractivity contribution in [3.63, 3.8) is 0 Å². The lowest BCUT2D eigenvalue weighted by Crippen LogP contribution is -2.47. The Balaban J connectivity index is 1.60. The number of rotatable bonds is 8. The number of hydrogen-bond donors (Lipinski definition) is 0. The largest absolute Gasteiger partial charge is 0.308 e. The first-order valence-electron chi connectivity index (χ1n) is 10.7. The number of likely N-dealkylation sites (N-methyl/N-ethyl adjacent to an activating group) is 1. The van der Waals surface area contributed by atoms with Crippen LogP contribution < -0.4 is 4.90 Å². The van der Waals surface area contributed by atoms with Gasteiger partial charge in [-0.05, 0) is 45.0 Å². The van der Waals surface area contributed by atoms with Gasteiger partial charge < -0.3 is 9.80 Å². The summed E-state index contributed by atoms with van der Waals surface area (Å²) in [5, 5.41) is 0. The molecule has 0 aliphatic carbocycles. The predicted molar refractivity (Wildman–Crippen MR) is 110 cm³/mol. The maximum Gasteiger partial charge on any atom is 0.227 e. The van der Waals surface area contributed by atoms with Crippen LogP contribution in [-0.4, -0.2) is 37.0 Å². The third-order valence-corrected chi connectivity index (χ3v) is 6.22. The van der Waals surface area contributed by atoms with Crippen LogP contribution in [0.3, 0.4) is 0 Å². The minimum Gasteiger partial charge on any atom is -0.308 e. The molecular formula is C23H36N2O. The summed E-state index contributed by atoms with van der Waals surface area (Å²) in [6, 6.07) is 7.03. The van der Waals surface area contributed by atoms with Crippen LogP contribution in [0.25, 0.3) is 0 Å². The maximum atomic E-state index is 13.1. The molecule has 2 aliphatic heterocycles. The molecule has 0 aromatic heterocycles. The Bertz CT molecular complexity index is 612. The zero-order valence-corrected chi connectivity index (χ0v) is 17.0. The summed E-state index contributed by atoms with van der Waals surface area (Å²) < 4.78 is 0. The molecule has 3 rings (SSSR count). The molecule has 1 saturated heterocycles. The third-order valence-electron chi connectivity index (χ3n) is 6.22. The van der Waals surface area contributed by atoms with E-state index in [1.54, 1.807) is 0 Å². The van der Waals surface area contributed by atoms with Crippen LogP contribution in [0, 0.1) is 6.92 Å². The van der Waals surface area contributed by atoms with Crippen molar-refractivity contribution >= 4 is 11.6 Å². The van der Waals surface area contributed by atoms with Crippen molar-refractivity contribution in [1.82, 2.24) is 4.90 Å². The monoisotopic (exact) mass is 356 g/mol. The molecule has 1 fully saturated rings. The number of unbranched alkanes of at least 4 members (excludes halogenated alkanes) is 6. The van der Waals surface area contributed by atoms with Gasteiger partial charge >= 0.3 is 0 Å². The number of hydrogen-bond acceptors (Lipinski definition) is 2. The van der Waals surface area contributed by atoms with Gasteiger partial charge in [0, 0.05) is 30.6 Å². The number of benzene rings is 1. The second-order valence-electron chi connectivity index (χ2n) is 8.42. The molecule has 3 nitrogen and oxygen atoms in total. The molecule has 2 atom stereocenters. The molecule has 2 aliphatic rings. The summed E-state index contributed by atoms with van der Waals surface area (Å²) in [6.45, 7) is 6.58. The van der Waals surface area contributed by atoms with Crippen molar-refractivity contribution < 1.29 is 4.79 Å². The number of amides is 1. The molecule has 26 heavy (non-hydrogen) atoms. The first kappa shape index (κ1) is 19.4. The Morgan fingerprint density at radius 1 is 1.12 bits per heavy atom. The van der Waals surface area contributed by atoms with Crippen molar-refractivity contribution in [3.05, 3.63) is 29.3 Å². The highest BCUT2D eigenvalue weighted by atomic mass is 16.2. The lowest BCUT2D eigenvalue weighted by Gasteiger charge is -2.36. The fourth-order valence-electron chi connectivity index (χ4n) is 4.76. The van der Waals surface area contributed by atoms with Gasteiger partial charge in [-0.2, -0.15) is 0 Å². The van der Waals surface area contributed by atoms with Crippen LogP contribution >= 0.6 is 0 Å². The van der Waals surface area contributed by atoms with Crippen molar-refractivity contribution in [2.24, 2.45) is 0 Å². The van der Waals surface area contributed by atoms with E-state index in [0.717, 1.165) is 25.9 Å². The van der Waals surface area contributed by atoms with Crippen LogP contribution in [0.1, 0.15) is 81.8 Å². The van der Waals surface area contributed by atoms with E-state index in [-0.39, 0.29) is 0 Å². The van der Waals surface area contributed by atoms with E-state index in [2.05, 4.69) is 48.9 Å². The molecular weight excluding hydrogens is 320 g/mol. The van der Waals surface area contributed by atoms with E-state index in [0.29, 0.717) is 24.3 Å². The Morgan fingerprint density at radius 2 is 1.85 bits per heavy atom. The summed E-state index contributed by atoms with van der Waals surface area (Å²) in [5.74, 6) is 0.836. The van der Waals surface area contributed by atoms with E-state index in [4.69, 9.17) is 0 Å². The van der Waals surface area contributed by atoms with E-state index in [9.17, 15) is 4.79 Å². The molecule has 1 aromatic carbocycles. The number of carbonyl (C=O) groups is 1. The van der Waals surface area contributed by atoms with Crippen LogP contribution in [0.2, 0.25) is 0 Å². The molecule has 144 valence electrons. The molecule has 3 heteroatoms. The van der Waals surface area contributed by atoms with Gasteiger partial charge in [-0.15, -0.1) is 0 Å². The summed E-state index contributed by atoms with van der Waals surface area (Å²) in [7, 11) is 2.20. The summed E-state index contributed by atoms with van der Waals surface area (Å²) >= 11 is 0. The maximum absolute atomic E-state index is 13.1. The van der Waals surface area contributed by atoms with Gasteiger partial charge in [0.2, 0.25) is 5.91 Å². The number of likely N-dealkylation sites (tertiary alicyclic amines) is 1. The lowest BCUT2D eigenvalue weighted by atomic mass is 9.89. The molecule has 0 unspecified atom stereocenters. The van der Waals surface area contributed by atoms with Crippen molar-refractivity contribution in [1.29, 1.82) is 0 Å². The molecule has 1 amide bonds. The molecule has 0 bridgehead atoms. The average Bonchev–Trinajstić information content (AvgIpc) is 2.94. The van der Waals surface area contributed by atoms with Crippen molar-refractivity contribution in [2.75, 3.05) is 25.0 Å². The fourth-order valence-corrected chi connectivity index (χ4v) is 4.76. The van der Waals surface area contributed by atoms with Crippen molar-refractivity contribution in [3.8, 4) is 0 Å². The van der Waals surface area contributed by atoms with Gasteiger partial charge in [0.25, 0.3) is 0 Å². The zero-order valence-electron chi connectivity index (χ0n) is 17.0. The second-order valence-corrected chi connectivity index (χ2v) is 8.42. The third kappa shape index (κ3) is 4.31. The number of carbonyl (C=O) groups excluding carboxylic acids is 1. The zero-order chi connectivity index (χ0) is 18.5. The van der Waals surface area contributed by atoms with Gasteiger partial charge in [0.1, 0.15) is 0 Å². The second kappa shape index (κ2) is 9.03. The quantitative estimate of drug-likeness (QED) is 0.592. The summed E-state index contributed by atoms with van der Waals surface area (Å²) in [5.41, 5.74) is 3.89. The highest BCUT2D eigenvalue weighted by Crippen LogP contribution is 2.45. The van der Waals surface area contributed by atoms with Crippen LogP contribution in [0.4, 0.5) is 5.69 Å². The van der Waals surface area contributed by atoms with E-state index in [1.807, 2.05) is 0 Å². The predicted octanol–water partition coefficient (Wildman–Crippen LogP) is 5.27. The number of piperidine rings is 1. The number of fused-ring (bicyclic) bond motifs is 3. The van der Waals surface area contributed by atoms with E-state index >= 15 is 0 Å². The highest BCUT2D eigenvalue weighted by Gasteiger charge is 2.43. The van der Waals surface area contributed by atoms with Crippen LogP contribution in [0.15, 0.2) is 18.2 Å². The van der Waals surface area contributed by atoms with Crippen LogP contribution in [-0.2, 0) is 4.79 Å². The van der Waals surface area contributed by atoms with E-state index < -0.39 is 0 Å². The number of anilines is 1. The average molecular weight is 357 g/mol. The molecule has 0 saturated carbocycles. The van der Waals surface area contributed by atoms with Gasteiger partial charge in [-0.3, -0.25) is 4.79 Å². The topological polar surface area (TPSA) is 23.6 Å². The summed E-state index contributed by atoms with van der Waals surface area (Å²) in [6.07, 6.45) is 10.6. The van der Waals surface area contributed by atoms with Gasteiger partial charge in [0.15, 0.2) is 0 Å². The highest BCUT2D eigenvalue weighted by molar-refractivity contribution is 5.96. The fraction of sp³-hybridized carbons (Fsp3) is 0.696. The minimum absolute atomic E-state index is 0.348. The Labute approximate surface area is 159 Å². The standard InChI is InChI=1S/C23H36N2O/c1-4-5-6-7-8-9-10-11-23(26)25-21-13-12-18(2)16-19(21)20-17-24(3)15-14-22(20)25/h12-13,16,20,22H,4-11,14-15,17H2,1-3H3/t20-,22+/m1/s1. The SMILES string of the molecule is CCCCCCCCCC(=O)N1c2ccc(C)cc2[C@H]2CN(C)CC[C@@H]21. The van der Waals surface area contributed by atoms with E-state index in [1.165, 1.54) is 55.3 Å². The van der Waals surface area contributed by atoms with Crippen LogP contribution in [0.5, 0.6) is 0 Å². The normalized spacial score (nSPS) is 22.3. The molecule has 0 radical (unpaired) electrons. The van der Waals surface area contributed by atoms with Crippen molar-refractivity contribution in [2.45, 2.75) is 83.6 Å². The Morgan fingerprint density at radius 3 is 2.62 bits per heavy atom. The van der Waals surface area contributed by atoms with Gasteiger partial charge in [-0.25, -0.2) is 0 Å². The van der Waals surface area contributed by atoms with Gasteiger partial charge in [0.05, 0.1) is 0 Å². The molecule has 0 N–H and O–H groups in total. The molecule has 1 aromatic rings. The Kier molecular flexibility index (Phi) is 6.74. The minimum atomic E-state index is 0.348.